The highest BCUT2D eigenvalue weighted by atomic mass is 35.5. The molecule has 9 heteroatoms. The van der Waals surface area contributed by atoms with Crippen molar-refractivity contribution >= 4 is 40.6 Å². The maximum absolute atomic E-state index is 12.0. The molecule has 0 amide bonds. The molecule has 0 saturated carbocycles. The monoisotopic (exact) mass is 554 g/mol. The molecule has 1 N–H and O–H groups in total. The molecule has 3 aromatic rings. The average Bonchev–Trinajstić information content (AvgIpc) is 2.93. The molecular weight excluding hydrogens is 524 g/mol. The minimum absolute atomic E-state index is 0.206. The Kier molecular flexibility index (Phi) is 8.97. The summed E-state index contributed by atoms with van der Waals surface area (Å²) in [4.78, 5) is 14.1. The number of thiocarbonyl (C=S) groups is 1. The third-order valence-electron chi connectivity index (χ3n) is 6.55. The first kappa shape index (κ1) is 27.5. The fourth-order valence-electron chi connectivity index (χ4n) is 4.46. The Morgan fingerprint density at radius 2 is 1.82 bits per heavy atom. The van der Waals surface area contributed by atoms with Crippen LogP contribution in [-0.2, 0) is 11.2 Å². The Morgan fingerprint density at radius 1 is 1.11 bits per heavy atom. The Bertz CT molecular complexity index is 1320. The zero-order chi connectivity index (χ0) is 27.2. The molecule has 0 spiro atoms. The molecule has 200 valence electrons. The number of rotatable bonds is 8. The van der Waals surface area contributed by atoms with Gasteiger partial charge in [0.2, 0.25) is 0 Å². The number of esters is 1. The Morgan fingerprint density at radius 3 is 2.50 bits per heavy atom. The maximum atomic E-state index is 12.0. The third kappa shape index (κ3) is 5.97. The summed E-state index contributed by atoms with van der Waals surface area (Å²) < 4.78 is 22.4. The van der Waals surface area contributed by atoms with Gasteiger partial charge in [0.1, 0.15) is 12.4 Å². The van der Waals surface area contributed by atoms with Gasteiger partial charge < -0.3 is 29.2 Å². The second-order valence-corrected chi connectivity index (χ2v) is 9.56. The highest BCUT2D eigenvalue weighted by Gasteiger charge is 2.31. The van der Waals surface area contributed by atoms with E-state index in [2.05, 4.69) is 10.2 Å². The van der Waals surface area contributed by atoms with E-state index in [1.165, 1.54) is 0 Å². The van der Waals surface area contributed by atoms with Crippen molar-refractivity contribution in [1.82, 2.24) is 4.90 Å². The van der Waals surface area contributed by atoms with Crippen LogP contribution in [0.25, 0.3) is 0 Å². The summed E-state index contributed by atoms with van der Waals surface area (Å²) in [5.74, 6) is 1.60. The van der Waals surface area contributed by atoms with Gasteiger partial charge in [0, 0.05) is 17.3 Å². The molecule has 1 aliphatic heterocycles. The smallest absolute Gasteiger partial charge is 0.338 e. The van der Waals surface area contributed by atoms with Crippen LogP contribution in [0.3, 0.4) is 0 Å². The van der Waals surface area contributed by atoms with Gasteiger partial charge in [-0.25, -0.2) is 4.79 Å². The van der Waals surface area contributed by atoms with Crippen LogP contribution >= 0.6 is 23.8 Å². The van der Waals surface area contributed by atoms with Crippen molar-refractivity contribution in [3.63, 3.8) is 0 Å². The van der Waals surface area contributed by atoms with Gasteiger partial charge in [-0.05, 0) is 97.7 Å². The number of hydrogen-bond donors (Lipinski definition) is 1. The molecule has 0 fully saturated rings. The van der Waals surface area contributed by atoms with E-state index in [9.17, 15) is 4.79 Å². The number of ether oxygens (including phenoxy) is 4. The van der Waals surface area contributed by atoms with Gasteiger partial charge in [0.25, 0.3) is 0 Å². The largest absolute Gasteiger partial charge is 0.493 e. The van der Waals surface area contributed by atoms with Crippen LogP contribution < -0.4 is 19.5 Å². The number of carbonyl (C=O) groups excluding carboxylic acids is 1. The molecule has 1 heterocycles. The molecule has 0 bridgehead atoms. The lowest BCUT2D eigenvalue weighted by Crippen LogP contribution is -2.44. The van der Waals surface area contributed by atoms with Crippen LogP contribution in [-0.4, -0.2) is 50.0 Å². The normalized spacial score (nSPS) is 14.3. The fourth-order valence-corrected chi connectivity index (χ4v) is 4.96. The second kappa shape index (κ2) is 12.4. The standard InChI is InChI=1S/C29H31ClN2O5S/c1-5-36-28(33)19-9-11-21(12-10-19)37-17-25-22-16-27(35-4)26(34-3)15-20(22)13-14-32(25)29(38)31-24-8-6-7-23(30)18(24)2/h6-12,15-16,25H,5,13-14,17H2,1-4H3,(H,31,38)/t25-/m0/s1. The first-order valence-corrected chi connectivity index (χ1v) is 13.1. The van der Waals surface area contributed by atoms with Gasteiger partial charge in [-0.15, -0.1) is 0 Å². The number of anilines is 1. The van der Waals surface area contributed by atoms with E-state index in [0.717, 1.165) is 28.8 Å². The summed E-state index contributed by atoms with van der Waals surface area (Å²) in [5.41, 5.74) is 4.45. The van der Waals surface area contributed by atoms with E-state index >= 15 is 0 Å². The predicted octanol–water partition coefficient (Wildman–Crippen LogP) is 6.22. The molecule has 7 nitrogen and oxygen atoms in total. The van der Waals surface area contributed by atoms with Crippen molar-refractivity contribution in [2.24, 2.45) is 0 Å². The average molecular weight is 555 g/mol. The topological polar surface area (TPSA) is 69.3 Å². The number of benzene rings is 3. The van der Waals surface area contributed by atoms with Crippen LogP contribution in [0.1, 0.15) is 40.0 Å². The third-order valence-corrected chi connectivity index (χ3v) is 7.29. The van der Waals surface area contributed by atoms with E-state index in [-0.39, 0.29) is 12.0 Å². The molecule has 3 aromatic carbocycles. The lowest BCUT2D eigenvalue weighted by atomic mass is 9.92. The Hall–Kier alpha value is -3.49. The molecule has 0 aromatic heterocycles. The summed E-state index contributed by atoms with van der Waals surface area (Å²) in [7, 11) is 3.25. The minimum atomic E-state index is -0.361. The van der Waals surface area contributed by atoms with Gasteiger partial charge in [-0.1, -0.05) is 17.7 Å². The van der Waals surface area contributed by atoms with E-state index < -0.39 is 0 Å². The van der Waals surface area contributed by atoms with Crippen molar-refractivity contribution < 1.29 is 23.7 Å². The number of carbonyl (C=O) groups is 1. The van der Waals surface area contributed by atoms with E-state index in [4.69, 9.17) is 42.8 Å². The number of nitrogens with one attached hydrogen (secondary N) is 1. The molecule has 0 radical (unpaired) electrons. The highest BCUT2D eigenvalue weighted by Crippen LogP contribution is 2.39. The van der Waals surface area contributed by atoms with Crippen molar-refractivity contribution in [2.45, 2.75) is 26.3 Å². The summed E-state index contributed by atoms with van der Waals surface area (Å²) in [6, 6.07) is 16.4. The summed E-state index contributed by atoms with van der Waals surface area (Å²) in [5, 5.41) is 4.62. The van der Waals surface area contributed by atoms with Crippen molar-refractivity contribution in [3.8, 4) is 17.2 Å². The number of halogens is 1. The molecular formula is C29H31ClN2O5S. The molecule has 0 unspecified atom stereocenters. The number of hydrogen-bond acceptors (Lipinski definition) is 6. The van der Waals surface area contributed by atoms with Crippen LogP contribution in [0.2, 0.25) is 5.02 Å². The van der Waals surface area contributed by atoms with Crippen LogP contribution in [0.5, 0.6) is 17.2 Å². The van der Waals surface area contributed by atoms with Gasteiger partial charge in [-0.3, -0.25) is 0 Å². The quantitative estimate of drug-likeness (QED) is 0.260. The van der Waals surface area contributed by atoms with Gasteiger partial charge >= 0.3 is 5.97 Å². The van der Waals surface area contributed by atoms with Crippen LogP contribution in [0.15, 0.2) is 54.6 Å². The zero-order valence-electron chi connectivity index (χ0n) is 21.9. The fraction of sp³-hybridized carbons (Fsp3) is 0.310. The summed E-state index contributed by atoms with van der Waals surface area (Å²) in [6.07, 6.45) is 0.775. The van der Waals surface area contributed by atoms with Gasteiger partial charge in [-0.2, -0.15) is 0 Å². The zero-order valence-corrected chi connectivity index (χ0v) is 23.4. The van der Waals surface area contributed by atoms with Crippen molar-refractivity contribution in [2.75, 3.05) is 39.3 Å². The van der Waals surface area contributed by atoms with E-state index in [0.29, 0.717) is 52.7 Å². The SMILES string of the molecule is CCOC(=O)c1ccc(OC[C@H]2c3cc(OC)c(OC)cc3CCN2C(=S)Nc2cccc(Cl)c2C)cc1. The van der Waals surface area contributed by atoms with Gasteiger partial charge in [0.05, 0.1) is 32.4 Å². The van der Waals surface area contributed by atoms with E-state index in [1.807, 2.05) is 37.3 Å². The highest BCUT2D eigenvalue weighted by molar-refractivity contribution is 7.80. The van der Waals surface area contributed by atoms with Crippen molar-refractivity contribution in [3.05, 3.63) is 81.9 Å². The molecule has 38 heavy (non-hydrogen) atoms. The Labute approximate surface area is 233 Å². The molecule has 4 rings (SSSR count). The van der Waals surface area contributed by atoms with E-state index in [1.54, 1.807) is 45.4 Å². The minimum Gasteiger partial charge on any atom is -0.493 e. The second-order valence-electron chi connectivity index (χ2n) is 8.76. The molecule has 0 aliphatic carbocycles. The Balaban J connectivity index is 1.62. The summed E-state index contributed by atoms with van der Waals surface area (Å²) >= 11 is 12.2. The number of fused-ring (bicyclic) bond motifs is 1. The van der Waals surface area contributed by atoms with Crippen LogP contribution in [0, 0.1) is 6.92 Å². The van der Waals surface area contributed by atoms with Gasteiger partial charge in [0.15, 0.2) is 16.6 Å². The lowest BCUT2D eigenvalue weighted by Gasteiger charge is -2.39. The molecule has 1 atom stereocenters. The first-order valence-electron chi connectivity index (χ1n) is 12.3. The maximum Gasteiger partial charge on any atom is 0.338 e. The summed E-state index contributed by atoms with van der Waals surface area (Å²) in [6.45, 7) is 5.06. The number of methoxy groups -OCH3 is 2. The first-order chi connectivity index (χ1) is 18.4. The lowest BCUT2D eigenvalue weighted by molar-refractivity contribution is 0.0526. The van der Waals surface area contributed by atoms with Crippen molar-refractivity contribution in [1.29, 1.82) is 0 Å². The van der Waals surface area contributed by atoms with Crippen LogP contribution in [0.4, 0.5) is 5.69 Å². The predicted molar refractivity (Wildman–Crippen MR) is 153 cm³/mol. The number of nitrogens with zero attached hydrogens (tertiary/aromatic N) is 1. The molecule has 1 aliphatic rings. The molecule has 0 saturated heterocycles.